The third-order valence-electron chi connectivity index (χ3n) is 4.54. The number of halogens is 1. The van der Waals surface area contributed by atoms with Crippen molar-refractivity contribution in [3.63, 3.8) is 0 Å². The van der Waals surface area contributed by atoms with Crippen LogP contribution in [0.25, 0.3) is 0 Å². The van der Waals surface area contributed by atoms with E-state index in [2.05, 4.69) is 22.8 Å². The quantitative estimate of drug-likeness (QED) is 0.698. The molecule has 24 heavy (non-hydrogen) atoms. The molecule has 1 aliphatic rings. The molecule has 1 aliphatic carbocycles. The fourth-order valence-electron chi connectivity index (χ4n) is 2.86. The second kappa shape index (κ2) is 9.04. The number of hydrogen-bond acceptors (Lipinski definition) is 3. The van der Waals surface area contributed by atoms with E-state index in [1.807, 2.05) is 32.0 Å². The van der Waals surface area contributed by atoms with Gasteiger partial charge >= 0.3 is 0 Å². The summed E-state index contributed by atoms with van der Waals surface area (Å²) < 4.78 is 0. The standard InChI is InChI=1S/C18H27N3O2.ClH/c1-13(2)16(19)17(23)20-12-15(22)21-18(9-6-10-18)11-14-7-4-3-5-8-14;/h3-5,7-8,13,16H,6,9-12,19H2,1-2H3,(H,20,23)(H,21,22);1H/t16-;/m0./s1. The average molecular weight is 354 g/mol. The molecule has 0 unspecified atom stereocenters. The largest absolute Gasteiger partial charge is 0.349 e. The number of benzene rings is 1. The Morgan fingerprint density at radius 1 is 1.21 bits per heavy atom. The summed E-state index contributed by atoms with van der Waals surface area (Å²) in [6, 6.07) is 9.59. The molecule has 134 valence electrons. The van der Waals surface area contributed by atoms with E-state index in [1.54, 1.807) is 0 Å². The minimum Gasteiger partial charge on any atom is -0.349 e. The number of carbonyl (C=O) groups excluding carboxylic acids is 2. The van der Waals surface area contributed by atoms with Gasteiger partial charge in [-0.2, -0.15) is 0 Å². The molecule has 0 heterocycles. The molecule has 1 saturated carbocycles. The molecule has 1 aromatic carbocycles. The predicted octanol–water partition coefficient (Wildman–Crippen LogP) is 1.79. The maximum Gasteiger partial charge on any atom is 0.239 e. The smallest absolute Gasteiger partial charge is 0.239 e. The Labute approximate surface area is 150 Å². The monoisotopic (exact) mass is 353 g/mol. The van der Waals surface area contributed by atoms with Crippen LogP contribution in [0.15, 0.2) is 30.3 Å². The topological polar surface area (TPSA) is 84.2 Å². The van der Waals surface area contributed by atoms with E-state index in [0.717, 1.165) is 25.7 Å². The molecule has 4 N–H and O–H groups in total. The van der Waals surface area contributed by atoms with Crippen LogP contribution in [0.5, 0.6) is 0 Å². The fourth-order valence-corrected chi connectivity index (χ4v) is 2.86. The summed E-state index contributed by atoms with van der Waals surface area (Å²) in [4.78, 5) is 24.0. The highest BCUT2D eigenvalue weighted by Gasteiger charge is 2.38. The molecule has 6 heteroatoms. The zero-order chi connectivity index (χ0) is 16.9. The fraction of sp³-hybridized carbons (Fsp3) is 0.556. The van der Waals surface area contributed by atoms with Crippen molar-refractivity contribution in [2.24, 2.45) is 11.7 Å². The Bertz CT molecular complexity index is 544. The van der Waals surface area contributed by atoms with Gasteiger partial charge in [0.25, 0.3) is 0 Å². The van der Waals surface area contributed by atoms with Crippen molar-refractivity contribution >= 4 is 24.2 Å². The maximum absolute atomic E-state index is 12.2. The van der Waals surface area contributed by atoms with Gasteiger partial charge in [-0.15, -0.1) is 12.4 Å². The number of carbonyl (C=O) groups is 2. The molecule has 0 bridgehead atoms. The van der Waals surface area contributed by atoms with Gasteiger partial charge in [0.2, 0.25) is 11.8 Å². The summed E-state index contributed by atoms with van der Waals surface area (Å²) in [5.41, 5.74) is 6.83. The Kier molecular flexibility index (Phi) is 7.70. The summed E-state index contributed by atoms with van der Waals surface area (Å²) >= 11 is 0. The SMILES string of the molecule is CC(C)[C@H](N)C(=O)NCC(=O)NC1(Cc2ccccc2)CCC1.Cl. The molecule has 0 spiro atoms. The highest BCUT2D eigenvalue weighted by molar-refractivity contribution is 5.87. The summed E-state index contributed by atoms with van der Waals surface area (Å²) in [6.45, 7) is 3.75. The first-order valence-electron chi connectivity index (χ1n) is 8.30. The number of nitrogens with two attached hydrogens (primary N) is 1. The van der Waals surface area contributed by atoms with Crippen molar-refractivity contribution in [2.75, 3.05) is 6.54 Å². The summed E-state index contributed by atoms with van der Waals surface area (Å²) in [5.74, 6) is -0.375. The third kappa shape index (κ3) is 5.49. The van der Waals surface area contributed by atoms with Crippen LogP contribution in [0.2, 0.25) is 0 Å². The highest BCUT2D eigenvalue weighted by Crippen LogP contribution is 2.34. The Morgan fingerprint density at radius 2 is 1.83 bits per heavy atom. The van der Waals surface area contributed by atoms with Gasteiger partial charge in [-0.05, 0) is 37.2 Å². The lowest BCUT2D eigenvalue weighted by atomic mass is 9.72. The van der Waals surface area contributed by atoms with Crippen LogP contribution in [0.4, 0.5) is 0 Å². The molecule has 0 radical (unpaired) electrons. The van der Waals surface area contributed by atoms with Crippen molar-refractivity contribution in [1.29, 1.82) is 0 Å². The van der Waals surface area contributed by atoms with Gasteiger partial charge in [0.05, 0.1) is 12.6 Å². The first-order valence-corrected chi connectivity index (χ1v) is 8.30. The molecule has 1 atom stereocenters. The number of nitrogens with one attached hydrogen (secondary N) is 2. The van der Waals surface area contributed by atoms with Gasteiger partial charge in [-0.3, -0.25) is 9.59 Å². The zero-order valence-electron chi connectivity index (χ0n) is 14.4. The molecular formula is C18H28ClN3O2. The summed E-state index contributed by atoms with van der Waals surface area (Å²) in [7, 11) is 0. The van der Waals surface area contributed by atoms with Crippen molar-refractivity contribution in [3.05, 3.63) is 35.9 Å². The molecule has 1 fully saturated rings. The molecule has 0 aromatic heterocycles. The zero-order valence-corrected chi connectivity index (χ0v) is 15.2. The second-order valence-electron chi connectivity index (χ2n) is 6.83. The first-order chi connectivity index (χ1) is 10.9. The Morgan fingerprint density at radius 3 is 2.33 bits per heavy atom. The molecule has 2 rings (SSSR count). The van der Waals surface area contributed by atoms with Crippen LogP contribution in [-0.4, -0.2) is 29.9 Å². The van der Waals surface area contributed by atoms with Gasteiger partial charge in [0.1, 0.15) is 0 Å². The average Bonchev–Trinajstić information content (AvgIpc) is 2.50. The maximum atomic E-state index is 12.2. The summed E-state index contributed by atoms with van der Waals surface area (Å²) in [5, 5.41) is 5.73. The van der Waals surface area contributed by atoms with Crippen molar-refractivity contribution < 1.29 is 9.59 Å². The first kappa shape index (κ1) is 20.5. The van der Waals surface area contributed by atoms with E-state index in [9.17, 15) is 9.59 Å². The lowest BCUT2D eigenvalue weighted by Crippen LogP contribution is -2.57. The van der Waals surface area contributed by atoms with Crippen LogP contribution in [0, 0.1) is 5.92 Å². The number of rotatable bonds is 7. The van der Waals surface area contributed by atoms with E-state index in [-0.39, 0.29) is 42.2 Å². The predicted molar refractivity (Wildman–Crippen MR) is 97.9 cm³/mol. The van der Waals surface area contributed by atoms with Crippen LogP contribution in [0.3, 0.4) is 0 Å². The second-order valence-corrected chi connectivity index (χ2v) is 6.83. The lowest BCUT2D eigenvalue weighted by molar-refractivity contribution is -0.128. The highest BCUT2D eigenvalue weighted by atomic mass is 35.5. The third-order valence-corrected chi connectivity index (χ3v) is 4.54. The van der Waals surface area contributed by atoms with Crippen LogP contribution >= 0.6 is 12.4 Å². The van der Waals surface area contributed by atoms with E-state index < -0.39 is 6.04 Å². The van der Waals surface area contributed by atoms with E-state index >= 15 is 0 Å². The van der Waals surface area contributed by atoms with E-state index in [0.29, 0.717) is 0 Å². The minimum atomic E-state index is -0.579. The van der Waals surface area contributed by atoms with Crippen molar-refractivity contribution in [3.8, 4) is 0 Å². The molecule has 1 aromatic rings. The van der Waals surface area contributed by atoms with Gasteiger partial charge in [0.15, 0.2) is 0 Å². The molecule has 5 nitrogen and oxygen atoms in total. The summed E-state index contributed by atoms with van der Waals surface area (Å²) in [6.07, 6.45) is 3.91. The minimum absolute atomic E-state index is 0. The normalized spacial score (nSPS) is 16.5. The van der Waals surface area contributed by atoms with E-state index in [4.69, 9.17) is 5.73 Å². The van der Waals surface area contributed by atoms with Gasteiger partial charge in [0, 0.05) is 5.54 Å². The van der Waals surface area contributed by atoms with E-state index in [1.165, 1.54) is 5.56 Å². The van der Waals surface area contributed by atoms with Crippen LogP contribution in [-0.2, 0) is 16.0 Å². The van der Waals surface area contributed by atoms with Gasteiger partial charge < -0.3 is 16.4 Å². The number of amides is 2. The van der Waals surface area contributed by atoms with Crippen LogP contribution in [0.1, 0.15) is 38.7 Å². The van der Waals surface area contributed by atoms with Gasteiger partial charge in [-0.25, -0.2) is 0 Å². The number of hydrogen-bond donors (Lipinski definition) is 3. The van der Waals surface area contributed by atoms with Crippen molar-refractivity contribution in [1.82, 2.24) is 10.6 Å². The lowest BCUT2D eigenvalue weighted by Gasteiger charge is -2.43. The van der Waals surface area contributed by atoms with Gasteiger partial charge in [-0.1, -0.05) is 44.2 Å². The molecular weight excluding hydrogens is 326 g/mol. The van der Waals surface area contributed by atoms with Crippen LogP contribution < -0.4 is 16.4 Å². The Balaban J connectivity index is 0.00000288. The molecule has 0 saturated heterocycles. The molecule has 2 amide bonds. The van der Waals surface area contributed by atoms with Crippen molar-refractivity contribution in [2.45, 2.75) is 51.1 Å². The molecule has 0 aliphatic heterocycles. The Hall–Kier alpha value is -1.59.